The van der Waals surface area contributed by atoms with E-state index in [0.29, 0.717) is 17.1 Å². The average Bonchev–Trinajstić information content (AvgIpc) is 2.46. The smallest absolute Gasteiger partial charge is 0.252 e. The van der Waals surface area contributed by atoms with Crippen molar-refractivity contribution in [2.24, 2.45) is 0 Å². The molecular formula is C16H16ClNOS. The lowest BCUT2D eigenvalue weighted by Gasteiger charge is -2.06. The molecule has 0 spiro atoms. The Labute approximate surface area is 128 Å². The molecule has 0 bridgehead atoms. The Bertz CT molecular complexity index is 583. The quantitative estimate of drug-likeness (QED) is 0.663. The van der Waals surface area contributed by atoms with E-state index < -0.39 is 0 Å². The van der Waals surface area contributed by atoms with Gasteiger partial charge in [0.15, 0.2) is 0 Å². The second kappa shape index (κ2) is 7.36. The molecule has 4 heteroatoms. The molecule has 0 heterocycles. The zero-order valence-electron chi connectivity index (χ0n) is 11.2. The van der Waals surface area contributed by atoms with Crippen molar-refractivity contribution in [3.8, 4) is 0 Å². The van der Waals surface area contributed by atoms with Crippen LogP contribution in [0.4, 0.5) is 0 Å². The number of nitrogens with one attached hydrogen (secondary N) is 1. The Morgan fingerprint density at radius 1 is 1.15 bits per heavy atom. The van der Waals surface area contributed by atoms with Crippen molar-refractivity contribution in [2.75, 3.05) is 12.3 Å². The molecule has 0 fully saturated rings. The van der Waals surface area contributed by atoms with Crippen LogP contribution in [0.5, 0.6) is 0 Å². The lowest BCUT2D eigenvalue weighted by molar-refractivity contribution is 0.0956. The molecule has 2 nitrogen and oxygen atoms in total. The van der Waals surface area contributed by atoms with E-state index in [1.807, 2.05) is 12.1 Å². The molecule has 20 heavy (non-hydrogen) atoms. The van der Waals surface area contributed by atoms with Crippen molar-refractivity contribution >= 4 is 29.3 Å². The van der Waals surface area contributed by atoms with E-state index in [0.717, 1.165) is 5.75 Å². The largest absolute Gasteiger partial charge is 0.351 e. The van der Waals surface area contributed by atoms with E-state index in [1.165, 1.54) is 10.5 Å². The fraction of sp³-hybridized carbons (Fsp3) is 0.188. The van der Waals surface area contributed by atoms with E-state index in [-0.39, 0.29) is 5.91 Å². The van der Waals surface area contributed by atoms with Gasteiger partial charge in [0.25, 0.3) is 5.91 Å². The van der Waals surface area contributed by atoms with Crippen LogP contribution in [0.3, 0.4) is 0 Å². The zero-order valence-corrected chi connectivity index (χ0v) is 12.8. The van der Waals surface area contributed by atoms with Crippen molar-refractivity contribution in [1.82, 2.24) is 5.32 Å². The molecule has 2 rings (SSSR count). The summed E-state index contributed by atoms with van der Waals surface area (Å²) < 4.78 is 0. The van der Waals surface area contributed by atoms with Gasteiger partial charge in [0, 0.05) is 17.2 Å². The summed E-state index contributed by atoms with van der Waals surface area (Å²) in [5, 5.41) is 3.36. The van der Waals surface area contributed by atoms with E-state index in [9.17, 15) is 4.79 Å². The minimum absolute atomic E-state index is 0.125. The van der Waals surface area contributed by atoms with Crippen LogP contribution in [-0.2, 0) is 0 Å². The molecule has 0 aromatic heterocycles. The van der Waals surface area contributed by atoms with Crippen LogP contribution < -0.4 is 5.32 Å². The van der Waals surface area contributed by atoms with Gasteiger partial charge in [-0.3, -0.25) is 4.79 Å². The zero-order chi connectivity index (χ0) is 14.4. The van der Waals surface area contributed by atoms with Crippen molar-refractivity contribution in [2.45, 2.75) is 11.8 Å². The van der Waals surface area contributed by atoms with Crippen molar-refractivity contribution in [1.29, 1.82) is 0 Å². The lowest BCUT2D eigenvalue weighted by atomic mass is 10.2. The SMILES string of the molecule is Cc1ccc(SCCNC(=O)c2ccccc2Cl)cc1. The average molecular weight is 306 g/mol. The summed E-state index contributed by atoms with van der Waals surface area (Å²) in [5.74, 6) is 0.708. The van der Waals surface area contributed by atoms with E-state index in [4.69, 9.17) is 11.6 Å². The summed E-state index contributed by atoms with van der Waals surface area (Å²) in [6.45, 7) is 2.68. The normalized spacial score (nSPS) is 10.3. The minimum atomic E-state index is -0.125. The molecule has 0 saturated heterocycles. The molecular weight excluding hydrogens is 290 g/mol. The molecule has 0 aliphatic carbocycles. The highest BCUT2D eigenvalue weighted by molar-refractivity contribution is 7.99. The first-order valence-corrected chi connectivity index (χ1v) is 7.75. The van der Waals surface area contributed by atoms with Crippen molar-refractivity contribution in [3.05, 3.63) is 64.7 Å². The highest BCUT2D eigenvalue weighted by Gasteiger charge is 2.08. The summed E-state index contributed by atoms with van der Waals surface area (Å²) in [4.78, 5) is 13.1. The van der Waals surface area contributed by atoms with Crippen LogP contribution in [-0.4, -0.2) is 18.2 Å². The number of hydrogen-bond donors (Lipinski definition) is 1. The van der Waals surface area contributed by atoms with Gasteiger partial charge >= 0.3 is 0 Å². The van der Waals surface area contributed by atoms with Gasteiger partial charge in [-0.25, -0.2) is 0 Å². The number of thioether (sulfide) groups is 1. The third-order valence-electron chi connectivity index (χ3n) is 2.80. The second-order valence-electron chi connectivity index (χ2n) is 4.40. The lowest BCUT2D eigenvalue weighted by Crippen LogP contribution is -2.25. The van der Waals surface area contributed by atoms with Crippen LogP contribution in [0.15, 0.2) is 53.4 Å². The minimum Gasteiger partial charge on any atom is -0.351 e. The highest BCUT2D eigenvalue weighted by Crippen LogP contribution is 2.18. The Morgan fingerprint density at radius 3 is 2.55 bits per heavy atom. The Hall–Kier alpha value is -1.45. The maximum Gasteiger partial charge on any atom is 0.252 e. The number of rotatable bonds is 5. The standard InChI is InChI=1S/C16H16ClNOS/c1-12-6-8-13(9-7-12)20-11-10-18-16(19)14-4-2-3-5-15(14)17/h2-9H,10-11H2,1H3,(H,18,19). The number of aryl methyl sites for hydroxylation is 1. The van der Waals surface area contributed by atoms with Gasteiger partial charge in [0.2, 0.25) is 0 Å². The predicted molar refractivity (Wildman–Crippen MR) is 85.7 cm³/mol. The summed E-state index contributed by atoms with van der Waals surface area (Å²) in [5.41, 5.74) is 1.77. The molecule has 2 aromatic carbocycles. The van der Waals surface area contributed by atoms with Crippen LogP contribution in [0.2, 0.25) is 5.02 Å². The summed E-state index contributed by atoms with van der Waals surface area (Å²) >= 11 is 7.70. The van der Waals surface area contributed by atoms with E-state index in [1.54, 1.807) is 23.9 Å². The first-order chi connectivity index (χ1) is 9.66. The van der Waals surface area contributed by atoms with Crippen molar-refractivity contribution in [3.63, 3.8) is 0 Å². The number of hydrogen-bond acceptors (Lipinski definition) is 2. The third-order valence-corrected chi connectivity index (χ3v) is 4.14. The molecule has 104 valence electrons. The van der Waals surface area contributed by atoms with Gasteiger partial charge in [0.05, 0.1) is 10.6 Å². The topological polar surface area (TPSA) is 29.1 Å². The molecule has 1 N–H and O–H groups in total. The van der Waals surface area contributed by atoms with Gasteiger partial charge in [-0.05, 0) is 31.2 Å². The van der Waals surface area contributed by atoms with Crippen LogP contribution in [0.1, 0.15) is 15.9 Å². The first kappa shape index (κ1) is 14.9. The number of carbonyl (C=O) groups excluding carboxylic acids is 1. The van der Waals surface area contributed by atoms with Crippen molar-refractivity contribution < 1.29 is 4.79 Å². The summed E-state index contributed by atoms with van der Waals surface area (Å²) in [7, 11) is 0. The van der Waals surface area contributed by atoms with Crippen LogP contribution >= 0.6 is 23.4 Å². The monoisotopic (exact) mass is 305 g/mol. The summed E-state index contributed by atoms with van der Waals surface area (Å²) in [6, 6.07) is 15.4. The molecule has 0 aliphatic heterocycles. The first-order valence-electron chi connectivity index (χ1n) is 6.39. The Morgan fingerprint density at radius 2 is 1.85 bits per heavy atom. The molecule has 0 unspecified atom stereocenters. The molecule has 0 saturated carbocycles. The number of halogens is 1. The Balaban J connectivity index is 1.77. The Kier molecular flexibility index (Phi) is 5.50. The van der Waals surface area contributed by atoms with Gasteiger partial charge in [0.1, 0.15) is 0 Å². The van der Waals surface area contributed by atoms with Gasteiger partial charge in [-0.1, -0.05) is 41.4 Å². The third kappa shape index (κ3) is 4.29. The highest BCUT2D eigenvalue weighted by atomic mass is 35.5. The molecule has 0 atom stereocenters. The van der Waals surface area contributed by atoms with Crippen LogP contribution in [0.25, 0.3) is 0 Å². The van der Waals surface area contributed by atoms with Gasteiger partial charge in [-0.15, -0.1) is 11.8 Å². The number of carbonyl (C=O) groups is 1. The van der Waals surface area contributed by atoms with Gasteiger partial charge in [-0.2, -0.15) is 0 Å². The van der Waals surface area contributed by atoms with Gasteiger partial charge < -0.3 is 5.32 Å². The molecule has 2 aromatic rings. The fourth-order valence-electron chi connectivity index (χ4n) is 1.71. The predicted octanol–water partition coefficient (Wildman–Crippen LogP) is 4.17. The number of benzene rings is 2. The molecule has 1 amide bonds. The second-order valence-corrected chi connectivity index (χ2v) is 5.97. The molecule has 0 radical (unpaired) electrons. The molecule has 0 aliphatic rings. The van der Waals surface area contributed by atoms with Crippen LogP contribution in [0, 0.1) is 6.92 Å². The van der Waals surface area contributed by atoms with E-state index in [2.05, 4.69) is 36.5 Å². The fourth-order valence-corrected chi connectivity index (χ4v) is 2.70. The maximum atomic E-state index is 11.9. The van der Waals surface area contributed by atoms with E-state index >= 15 is 0 Å². The maximum absolute atomic E-state index is 11.9. The number of amides is 1. The summed E-state index contributed by atoms with van der Waals surface area (Å²) in [6.07, 6.45) is 0.